The largest absolute Gasteiger partial charge is 0.481 e. The SMILES string of the molecule is CCCCC(CC)CC(C(=O)O)C(=O)c1cccnc1. The standard InChI is InChI=1S/C16H23NO3/c1-3-5-7-12(4-2)10-14(16(19)20)15(18)13-8-6-9-17-11-13/h6,8-9,11-12,14H,3-5,7,10H2,1-2H3,(H,19,20). The highest BCUT2D eigenvalue weighted by Gasteiger charge is 2.29. The summed E-state index contributed by atoms with van der Waals surface area (Å²) < 4.78 is 0. The first-order valence-electron chi connectivity index (χ1n) is 7.27. The van der Waals surface area contributed by atoms with Crippen molar-refractivity contribution in [1.82, 2.24) is 4.98 Å². The lowest BCUT2D eigenvalue weighted by Crippen LogP contribution is -2.26. The molecule has 0 aliphatic rings. The Hall–Kier alpha value is -1.71. The second-order valence-electron chi connectivity index (χ2n) is 5.15. The van der Waals surface area contributed by atoms with Gasteiger partial charge in [-0.05, 0) is 24.5 Å². The predicted octanol–water partition coefficient (Wildman–Crippen LogP) is 3.57. The molecule has 0 aliphatic heterocycles. The van der Waals surface area contributed by atoms with Gasteiger partial charge in [0.05, 0.1) is 0 Å². The fourth-order valence-electron chi connectivity index (χ4n) is 2.34. The summed E-state index contributed by atoms with van der Waals surface area (Å²) in [5.41, 5.74) is 0.380. The molecule has 4 nitrogen and oxygen atoms in total. The molecule has 1 heterocycles. The van der Waals surface area contributed by atoms with Gasteiger partial charge < -0.3 is 5.11 Å². The molecule has 0 saturated carbocycles. The molecule has 0 fully saturated rings. The molecule has 2 atom stereocenters. The van der Waals surface area contributed by atoms with E-state index in [1.807, 2.05) is 6.92 Å². The first-order valence-corrected chi connectivity index (χ1v) is 7.27. The number of carboxylic acids is 1. The molecule has 0 amide bonds. The van der Waals surface area contributed by atoms with Crippen molar-refractivity contribution in [3.63, 3.8) is 0 Å². The third-order valence-corrected chi connectivity index (χ3v) is 3.67. The Morgan fingerprint density at radius 1 is 1.35 bits per heavy atom. The zero-order chi connectivity index (χ0) is 15.0. The zero-order valence-corrected chi connectivity index (χ0v) is 12.2. The van der Waals surface area contributed by atoms with Crippen LogP contribution in [0.2, 0.25) is 0 Å². The van der Waals surface area contributed by atoms with Crippen molar-refractivity contribution in [3.8, 4) is 0 Å². The van der Waals surface area contributed by atoms with Crippen LogP contribution in [0.3, 0.4) is 0 Å². The Balaban J connectivity index is 2.78. The average Bonchev–Trinajstić information content (AvgIpc) is 2.47. The number of pyridine rings is 1. The molecule has 0 spiro atoms. The minimum absolute atomic E-state index is 0.289. The normalized spacial score (nSPS) is 13.7. The Morgan fingerprint density at radius 3 is 2.60 bits per heavy atom. The van der Waals surface area contributed by atoms with E-state index in [-0.39, 0.29) is 11.7 Å². The van der Waals surface area contributed by atoms with Gasteiger partial charge in [-0.1, -0.05) is 39.5 Å². The van der Waals surface area contributed by atoms with Crippen LogP contribution in [0, 0.1) is 11.8 Å². The molecule has 0 bridgehead atoms. The van der Waals surface area contributed by atoms with Gasteiger partial charge >= 0.3 is 5.97 Å². The maximum atomic E-state index is 12.3. The minimum atomic E-state index is -1.03. The van der Waals surface area contributed by atoms with E-state index in [1.54, 1.807) is 18.3 Å². The molecular formula is C16H23NO3. The fourth-order valence-corrected chi connectivity index (χ4v) is 2.34. The van der Waals surface area contributed by atoms with Crippen molar-refractivity contribution < 1.29 is 14.7 Å². The first kappa shape index (κ1) is 16.3. The summed E-state index contributed by atoms with van der Waals surface area (Å²) in [6, 6.07) is 3.28. The van der Waals surface area contributed by atoms with E-state index in [2.05, 4.69) is 11.9 Å². The molecule has 1 N–H and O–H groups in total. The van der Waals surface area contributed by atoms with E-state index >= 15 is 0 Å². The predicted molar refractivity (Wildman–Crippen MR) is 77.6 cm³/mol. The number of unbranched alkanes of at least 4 members (excludes halogenated alkanes) is 1. The van der Waals surface area contributed by atoms with Crippen LogP contribution in [0.15, 0.2) is 24.5 Å². The Morgan fingerprint density at radius 2 is 2.10 bits per heavy atom. The number of Topliss-reactive ketones (excluding diaryl/α,β-unsaturated/α-hetero) is 1. The zero-order valence-electron chi connectivity index (χ0n) is 12.2. The van der Waals surface area contributed by atoms with Crippen LogP contribution >= 0.6 is 0 Å². The quantitative estimate of drug-likeness (QED) is 0.553. The monoisotopic (exact) mass is 277 g/mol. The first-order chi connectivity index (χ1) is 9.60. The van der Waals surface area contributed by atoms with Crippen molar-refractivity contribution >= 4 is 11.8 Å². The number of aliphatic carboxylic acids is 1. The molecule has 1 aromatic heterocycles. The Kier molecular flexibility index (Phi) is 6.91. The lowest BCUT2D eigenvalue weighted by atomic mass is 9.85. The summed E-state index contributed by atoms with van der Waals surface area (Å²) in [6.07, 6.45) is 7.48. The van der Waals surface area contributed by atoms with E-state index in [4.69, 9.17) is 0 Å². The maximum Gasteiger partial charge on any atom is 0.314 e. The molecule has 0 aliphatic carbocycles. The Labute approximate surface area is 120 Å². The van der Waals surface area contributed by atoms with Gasteiger partial charge in [0.1, 0.15) is 5.92 Å². The molecule has 0 aromatic carbocycles. The van der Waals surface area contributed by atoms with E-state index < -0.39 is 11.9 Å². The molecule has 2 unspecified atom stereocenters. The summed E-state index contributed by atoms with van der Waals surface area (Å²) >= 11 is 0. The topological polar surface area (TPSA) is 67.3 Å². The molecule has 110 valence electrons. The number of hydrogen-bond acceptors (Lipinski definition) is 3. The summed E-state index contributed by atoms with van der Waals surface area (Å²) in [4.78, 5) is 27.6. The number of nitrogens with zero attached hydrogens (tertiary/aromatic N) is 1. The van der Waals surface area contributed by atoms with Crippen molar-refractivity contribution in [3.05, 3.63) is 30.1 Å². The van der Waals surface area contributed by atoms with Crippen LogP contribution in [0.4, 0.5) is 0 Å². The van der Waals surface area contributed by atoms with Gasteiger partial charge in [-0.3, -0.25) is 14.6 Å². The molecule has 0 radical (unpaired) electrons. The van der Waals surface area contributed by atoms with E-state index in [0.29, 0.717) is 12.0 Å². The minimum Gasteiger partial charge on any atom is -0.481 e. The van der Waals surface area contributed by atoms with Crippen molar-refractivity contribution in [2.75, 3.05) is 0 Å². The van der Waals surface area contributed by atoms with Gasteiger partial charge in [-0.15, -0.1) is 0 Å². The number of carboxylic acid groups (broad SMARTS) is 1. The number of rotatable bonds is 9. The fraction of sp³-hybridized carbons (Fsp3) is 0.562. The summed E-state index contributed by atoms with van der Waals surface area (Å²) in [6.45, 7) is 4.16. The van der Waals surface area contributed by atoms with Crippen molar-refractivity contribution in [2.24, 2.45) is 11.8 Å². The maximum absolute atomic E-state index is 12.3. The molecule has 0 saturated heterocycles. The van der Waals surface area contributed by atoms with Gasteiger partial charge in [-0.2, -0.15) is 0 Å². The highest BCUT2D eigenvalue weighted by molar-refractivity contribution is 6.07. The molecule has 20 heavy (non-hydrogen) atoms. The lowest BCUT2D eigenvalue weighted by Gasteiger charge is -2.19. The number of hydrogen-bond donors (Lipinski definition) is 1. The van der Waals surface area contributed by atoms with E-state index in [1.165, 1.54) is 6.20 Å². The highest BCUT2D eigenvalue weighted by atomic mass is 16.4. The molecular weight excluding hydrogens is 254 g/mol. The van der Waals surface area contributed by atoms with Gasteiger partial charge in [0.25, 0.3) is 0 Å². The van der Waals surface area contributed by atoms with Crippen LogP contribution in [-0.4, -0.2) is 21.8 Å². The van der Waals surface area contributed by atoms with Crippen molar-refractivity contribution in [2.45, 2.75) is 46.0 Å². The number of aromatic nitrogens is 1. The van der Waals surface area contributed by atoms with Gasteiger partial charge in [0.15, 0.2) is 5.78 Å². The summed E-state index contributed by atoms with van der Waals surface area (Å²) in [5, 5.41) is 9.33. The smallest absolute Gasteiger partial charge is 0.314 e. The molecule has 4 heteroatoms. The summed E-state index contributed by atoms with van der Waals surface area (Å²) in [5.74, 6) is -2.04. The van der Waals surface area contributed by atoms with Gasteiger partial charge in [-0.25, -0.2) is 0 Å². The van der Waals surface area contributed by atoms with E-state index in [0.717, 1.165) is 25.7 Å². The average molecular weight is 277 g/mol. The number of carbonyl (C=O) groups excluding carboxylic acids is 1. The molecule has 1 rings (SSSR count). The third kappa shape index (κ3) is 4.76. The van der Waals surface area contributed by atoms with Gasteiger partial charge in [0.2, 0.25) is 0 Å². The van der Waals surface area contributed by atoms with Gasteiger partial charge in [0, 0.05) is 18.0 Å². The van der Waals surface area contributed by atoms with Crippen LogP contribution < -0.4 is 0 Å². The summed E-state index contributed by atoms with van der Waals surface area (Å²) in [7, 11) is 0. The molecule has 1 aromatic rings. The second kappa shape index (κ2) is 8.46. The highest BCUT2D eigenvalue weighted by Crippen LogP contribution is 2.24. The van der Waals surface area contributed by atoms with Crippen molar-refractivity contribution in [1.29, 1.82) is 0 Å². The lowest BCUT2D eigenvalue weighted by molar-refractivity contribution is -0.140. The van der Waals surface area contributed by atoms with Crippen LogP contribution in [0.1, 0.15) is 56.3 Å². The van der Waals surface area contributed by atoms with Crippen LogP contribution in [0.25, 0.3) is 0 Å². The Bertz CT molecular complexity index is 431. The van der Waals surface area contributed by atoms with Crippen LogP contribution in [-0.2, 0) is 4.79 Å². The van der Waals surface area contributed by atoms with E-state index in [9.17, 15) is 14.7 Å². The number of ketones is 1. The van der Waals surface area contributed by atoms with Crippen LogP contribution in [0.5, 0.6) is 0 Å². The third-order valence-electron chi connectivity index (χ3n) is 3.67. The second-order valence-corrected chi connectivity index (χ2v) is 5.15. The number of carbonyl (C=O) groups is 2.